The van der Waals surface area contributed by atoms with Crippen LogP contribution in [0.15, 0.2) is 18.2 Å². The van der Waals surface area contributed by atoms with E-state index in [0.29, 0.717) is 19.8 Å². The van der Waals surface area contributed by atoms with Crippen LogP contribution in [0.1, 0.15) is 30.5 Å². The molecule has 0 unspecified atom stereocenters. The largest absolute Gasteiger partial charge is 0.491 e. The van der Waals surface area contributed by atoms with E-state index in [1.165, 1.54) is 0 Å². The van der Waals surface area contributed by atoms with Gasteiger partial charge in [-0.15, -0.1) is 0 Å². The zero-order valence-electron chi connectivity index (χ0n) is 12.1. The van der Waals surface area contributed by atoms with Crippen LogP contribution >= 0.6 is 0 Å². The van der Waals surface area contributed by atoms with Crippen LogP contribution in [0.5, 0.6) is 5.75 Å². The summed E-state index contributed by atoms with van der Waals surface area (Å²) in [5.74, 6) is 0.893. The van der Waals surface area contributed by atoms with Gasteiger partial charge in [-0.3, -0.25) is 0 Å². The average Bonchev–Trinajstić information content (AvgIpc) is 2.39. The second kappa shape index (κ2) is 8.91. The van der Waals surface area contributed by atoms with Crippen LogP contribution in [0, 0.1) is 6.92 Å². The second-order valence-electron chi connectivity index (χ2n) is 4.62. The lowest BCUT2D eigenvalue weighted by molar-refractivity contribution is 0.0805. The molecule has 4 heteroatoms. The first kappa shape index (κ1) is 16.0. The van der Waals surface area contributed by atoms with Crippen LogP contribution in [-0.4, -0.2) is 33.5 Å². The van der Waals surface area contributed by atoms with E-state index in [1.54, 1.807) is 7.11 Å². The molecule has 19 heavy (non-hydrogen) atoms. The number of methoxy groups -OCH3 is 1. The van der Waals surface area contributed by atoms with Gasteiger partial charge in [-0.25, -0.2) is 0 Å². The molecule has 1 aromatic carbocycles. The third kappa shape index (κ3) is 6.05. The minimum Gasteiger partial charge on any atom is -0.491 e. The number of aryl methyl sites for hydroxylation is 1. The quantitative estimate of drug-likeness (QED) is 0.698. The van der Waals surface area contributed by atoms with Gasteiger partial charge in [0.15, 0.2) is 0 Å². The van der Waals surface area contributed by atoms with Crippen molar-refractivity contribution >= 4 is 0 Å². The van der Waals surface area contributed by atoms with E-state index in [-0.39, 0.29) is 6.04 Å². The molecule has 108 valence electrons. The van der Waals surface area contributed by atoms with Crippen molar-refractivity contribution in [2.75, 3.05) is 33.5 Å². The maximum atomic E-state index is 5.84. The molecule has 1 rings (SSSR count). The molecular weight excluding hydrogens is 242 g/mol. The highest BCUT2D eigenvalue weighted by atomic mass is 16.5. The van der Waals surface area contributed by atoms with Crippen LogP contribution in [0.25, 0.3) is 0 Å². The Bertz CT molecular complexity index is 366. The standard InChI is InChI=1S/C15H25NO3/c1-12-11-14(13(2)16)5-6-15(12)19-10-9-18-8-4-7-17-3/h5-6,11,13H,4,7-10,16H2,1-3H3/t13-/m1/s1. The van der Waals surface area contributed by atoms with Gasteiger partial charge in [0.05, 0.1) is 6.61 Å². The van der Waals surface area contributed by atoms with Crippen molar-refractivity contribution in [2.45, 2.75) is 26.3 Å². The number of rotatable bonds is 9. The normalized spacial score (nSPS) is 12.4. The van der Waals surface area contributed by atoms with Gasteiger partial charge in [0.1, 0.15) is 12.4 Å². The molecule has 0 aromatic heterocycles. The Morgan fingerprint density at radius 1 is 1.16 bits per heavy atom. The van der Waals surface area contributed by atoms with Crippen molar-refractivity contribution in [3.05, 3.63) is 29.3 Å². The topological polar surface area (TPSA) is 53.7 Å². The maximum absolute atomic E-state index is 5.84. The highest BCUT2D eigenvalue weighted by molar-refractivity contribution is 5.37. The van der Waals surface area contributed by atoms with Gasteiger partial charge in [-0.1, -0.05) is 12.1 Å². The second-order valence-corrected chi connectivity index (χ2v) is 4.62. The van der Waals surface area contributed by atoms with E-state index in [4.69, 9.17) is 19.9 Å². The van der Waals surface area contributed by atoms with Crippen LogP contribution in [0.2, 0.25) is 0 Å². The molecule has 0 amide bonds. The Morgan fingerprint density at radius 2 is 1.95 bits per heavy atom. The molecular formula is C15H25NO3. The molecule has 2 N–H and O–H groups in total. The van der Waals surface area contributed by atoms with Crippen LogP contribution in [0.3, 0.4) is 0 Å². The lowest BCUT2D eigenvalue weighted by Crippen LogP contribution is -2.10. The minimum absolute atomic E-state index is 0.0527. The van der Waals surface area contributed by atoms with Gasteiger partial charge in [0.25, 0.3) is 0 Å². The Morgan fingerprint density at radius 3 is 2.58 bits per heavy atom. The summed E-state index contributed by atoms with van der Waals surface area (Å²) in [6, 6.07) is 6.10. The average molecular weight is 267 g/mol. The molecule has 1 aromatic rings. The van der Waals surface area contributed by atoms with Crippen molar-refractivity contribution in [1.29, 1.82) is 0 Å². The van der Waals surface area contributed by atoms with Gasteiger partial charge in [0, 0.05) is 26.4 Å². The zero-order valence-corrected chi connectivity index (χ0v) is 12.1. The smallest absolute Gasteiger partial charge is 0.122 e. The summed E-state index contributed by atoms with van der Waals surface area (Å²) in [7, 11) is 1.69. The Labute approximate surface area is 115 Å². The summed E-state index contributed by atoms with van der Waals surface area (Å²) in [5, 5.41) is 0. The van der Waals surface area contributed by atoms with E-state index in [1.807, 2.05) is 26.0 Å². The van der Waals surface area contributed by atoms with E-state index < -0.39 is 0 Å². The first-order valence-corrected chi connectivity index (χ1v) is 6.70. The predicted molar refractivity (Wildman–Crippen MR) is 76.6 cm³/mol. The molecule has 1 atom stereocenters. The van der Waals surface area contributed by atoms with Crippen LogP contribution in [0.4, 0.5) is 0 Å². The van der Waals surface area contributed by atoms with Crippen molar-refractivity contribution in [3.8, 4) is 5.75 Å². The lowest BCUT2D eigenvalue weighted by Gasteiger charge is -2.12. The number of hydrogen-bond acceptors (Lipinski definition) is 4. The molecule has 4 nitrogen and oxygen atoms in total. The lowest BCUT2D eigenvalue weighted by atomic mass is 10.1. The van der Waals surface area contributed by atoms with Gasteiger partial charge in [0.2, 0.25) is 0 Å². The van der Waals surface area contributed by atoms with Crippen LogP contribution in [-0.2, 0) is 9.47 Å². The SMILES string of the molecule is COCCCOCCOc1ccc([C@@H](C)N)cc1C. The molecule has 0 aliphatic carbocycles. The molecule has 0 aliphatic rings. The van der Waals surface area contributed by atoms with Gasteiger partial charge >= 0.3 is 0 Å². The van der Waals surface area contributed by atoms with E-state index in [2.05, 4.69) is 6.07 Å². The summed E-state index contributed by atoms with van der Waals surface area (Å²) in [5.41, 5.74) is 8.07. The van der Waals surface area contributed by atoms with Gasteiger partial charge in [-0.2, -0.15) is 0 Å². The number of hydrogen-bond donors (Lipinski definition) is 1. The van der Waals surface area contributed by atoms with Gasteiger partial charge < -0.3 is 19.9 Å². The third-order valence-electron chi connectivity index (χ3n) is 2.85. The van der Waals surface area contributed by atoms with Gasteiger partial charge in [-0.05, 0) is 37.5 Å². The molecule has 0 aliphatic heterocycles. The number of nitrogens with two attached hydrogens (primary N) is 1. The van der Waals surface area contributed by atoms with E-state index >= 15 is 0 Å². The first-order chi connectivity index (χ1) is 9.15. The molecule has 0 bridgehead atoms. The van der Waals surface area contributed by atoms with Crippen molar-refractivity contribution in [3.63, 3.8) is 0 Å². The first-order valence-electron chi connectivity index (χ1n) is 6.70. The fraction of sp³-hybridized carbons (Fsp3) is 0.600. The van der Waals surface area contributed by atoms with E-state index in [0.717, 1.165) is 29.9 Å². The molecule has 0 saturated heterocycles. The zero-order chi connectivity index (χ0) is 14.1. The Balaban J connectivity index is 2.26. The highest BCUT2D eigenvalue weighted by Gasteiger charge is 2.04. The van der Waals surface area contributed by atoms with Crippen molar-refractivity contribution < 1.29 is 14.2 Å². The summed E-state index contributed by atoms with van der Waals surface area (Å²) in [4.78, 5) is 0. The third-order valence-corrected chi connectivity index (χ3v) is 2.85. The summed E-state index contributed by atoms with van der Waals surface area (Å²) >= 11 is 0. The predicted octanol–water partition coefficient (Wildman–Crippen LogP) is 2.45. The molecule has 0 fully saturated rings. The maximum Gasteiger partial charge on any atom is 0.122 e. The van der Waals surface area contributed by atoms with E-state index in [9.17, 15) is 0 Å². The van der Waals surface area contributed by atoms with Crippen LogP contribution < -0.4 is 10.5 Å². The Kier molecular flexibility index (Phi) is 7.48. The minimum atomic E-state index is 0.0527. The Hall–Kier alpha value is -1.10. The summed E-state index contributed by atoms with van der Waals surface area (Å²) in [6.07, 6.45) is 0.915. The van der Waals surface area contributed by atoms with Crippen molar-refractivity contribution in [2.24, 2.45) is 5.73 Å². The number of benzene rings is 1. The molecule has 0 heterocycles. The highest BCUT2D eigenvalue weighted by Crippen LogP contribution is 2.21. The molecule has 0 saturated carbocycles. The monoisotopic (exact) mass is 267 g/mol. The summed E-state index contributed by atoms with van der Waals surface area (Å²) < 4.78 is 16.1. The number of ether oxygens (including phenoxy) is 3. The van der Waals surface area contributed by atoms with Crippen molar-refractivity contribution in [1.82, 2.24) is 0 Å². The fourth-order valence-corrected chi connectivity index (χ4v) is 1.74. The molecule has 0 radical (unpaired) electrons. The fourth-order valence-electron chi connectivity index (χ4n) is 1.74. The molecule has 0 spiro atoms. The summed E-state index contributed by atoms with van der Waals surface area (Å²) in [6.45, 7) is 6.60.